The second-order valence-corrected chi connectivity index (χ2v) is 7.37. The number of nitrogens with one attached hydrogen (secondary N) is 1. The Morgan fingerprint density at radius 1 is 1.40 bits per heavy atom. The lowest BCUT2D eigenvalue weighted by Crippen LogP contribution is -2.46. The maximum Gasteiger partial charge on any atom is 0.335 e. The summed E-state index contributed by atoms with van der Waals surface area (Å²) in [6.45, 7) is 1.60. The van der Waals surface area contributed by atoms with E-state index in [-0.39, 0.29) is 16.5 Å². The van der Waals surface area contributed by atoms with Gasteiger partial charge in [-0.2, -0.15) is 0 Å². The van der Waals surface area contributed by atoms with Gasteiger partial charge in [0.25, 0.3) is 0 Å². The molecule has 6 nitrogen and oxygen atoms in total. The van der Waals surface area contributed by atoms with Gasteiger partial charge in [0, 0.05) is 10.5 Å². The Kier molecular flexibility index (Phi) is 4.19. The lowest BCUT2D eigenvalue weighted by Gasteiger charge is -2.31. The summed E-state index contributed by atoms with van der Waals surface area (Å²) in [6.07, 6.45) is 0.275. The lowest BCUT2D eigenvalue weighted by molar-refractivity contribution is 0.0695. The molecule has 0 heterocycles. The summed E-state index contributed by atoms with van der Waals surface area (Å²) in [5, 5.41) is 18.2. The van der Waals surface area contributed by atoms with Gasteiger partial charge in [-0.15, -0.1) is 0 Å². The lowest BCUT2D eigenvalue weighted by atomic mass is 9.91. The number of carbonyl (C=O) groups is 1. The van der Waals surface area contributed by atoms with Crippen molar-refractivity contribution in [1.29, 1.82) is 0 Å². The van der Waals surface area contributed by atoms with E-state index in [1.807, 2.05) is 0 Å². The fourth-order valence-corrected chi connectivity index (χ4v) is 4.17. The van der Waals surface area contributed by atoms with Crippen molar-refractivity contribution < 1.29 is 23.4 Å². The smallest absolute Gasteiger partial charge is 0.335 e. The average molecular weight is 364 g/mol. The maximum atomic E-state index is 12.3. The van der Waals surface area contributed by atoms with Gasteiger partial charge in [-0.25, -0.2) is 17.9 Å². The molecule has 20 heavy (non-hydrogen) atoms. The molecule has 0 bridgehead atoms. The minimum Gasteiger partial charge on any atom is -0.478 e. The van der Waals surface area contributed by atoms with Crippen LogP contribution in [0.25, 0.3) is 0 Å². The third-order valence-corrected chi connectivity index (χ3v) is 5.74. The van der Waals surface area contributed by atoms with Crippen LogP contribution in [0.1, 0.15) is 28.8 Å². The first-order valence-corrected chi connectivity index (χ1v) is 8.22. The number of hydrogen-bond acceptors (Lipinski definition) is 4. The minimum atomic E-state index is -3.81. The van der Waals surface area contributed by atoms with Crippen LogP contribution in [0.4, 0.5) is 0 Å². The summed E-state index contributed by atoms with van der Waals surface area (Å²) in [6, 6.07) is 2.20. The molecule has 1 aliphatic rings. The van der Waals surface area contributed by atoms with Crippen LogP contribution in [-0.2, 0) is 10.0 Å². The molecule has 1 fully saturated rings. The highest BCUT2D eigenvalue weighted by Crippen LogP contribution is 2.28. The van der Waals surface area contributed by atoms with Gasteiger partial charge >= 0.3 is 5.97 Å². The van der Waals surface area contributed by atoms with E-state index in [4.69, 9.17) is 5.11 Å². The van der Waals surface area contributed by atoms with E-state index >= 15 is 0 Å². The molecule has 0 spiro atoms. The number of aromatic carboxylic acids is 1. The summed E-state index contributed by atoms with van der Waals surface area (Å²) in [5.74, 6) is -1.19. The molecule has 1 aromatic rings. The predicted octanol–water partition coefficient (Wildman–Crippen LogP) is 1.26. The molecule has 3 N–H and O–H groups in total. The molecule has 0 aliphatic heterocycles. The van der Waals surface area contributed by atoms with Crippen LogP contribution >= 0.6 is 15.9 Å². The van der Waals surface area contributed by atoms with Crippen LogP contribution in [0.3, 0.4) is 0 Å². The van der Waals surface area contributed by atoms with Crippen LogP contribution in [0.15, 0.2) is 21.5 Å². The Labute approximate surface area is 125 Å². The molecule has 0 saturated heterocycles. The van der Waals surface area contributed by atoms with E-state index < -0.39 is 22.1 Å². The number of hydrogen-bond donors (Lipinski definition) is 3. The Hall–Kier alpha value is -0.960. The molecular formula is C12H14BrNO5S. The standard InChI is InChI=1S/C12H14BrNO5S/c1-6-10(13)2-7(12(16)17)3-11(6)20(18,19)14-8-4-9(15)5-8/h2-3,8-9,14-15H,4-5H2,1H3,(H,16,17). The zero-order valence-electron chi connectivity index (χ0n) is 10.6. The summed E-state index contributed by atoms with van der Waals surface area (Å²) in [4.78, 5) is 10.9. The number of aliphatic hydroxyl groups excluding tert-OH is 1. The Morgan fingerprint density at radius 3 is 2.50 bits per heavy atom. The summed E-state index contributed by atoms with van der Waals surface area (Å²) < 4.78 is 27.5. The minimum absolute atomic E-state index is 0.0642. The first-order chi connectivity index (χ1) is 9.20. The van der Waals surface area contributed by atoms with Gasteiger partial charge in [-0.1, -0.05) is 15.9 Å². The normalized spacial score (nSPS) is 22.4. The number of sulfonamides is 1. The summed E-state index contributed by atoms with van der Waals surface area (Å²) in [5.41, 5.74) is 0.346. The van der Waals surface area contributed by atoms with Crippen LogP contribution < -0.4 is 4.72 Å². The van der Waals surface area contributed by atoms with Crippen LogP contribution in [0, 0.1) is 6.92 Å². The molecule has 0 unspecified atom stereocenters. The molecule has 110 valence electrons. The van der Waals surface area contributed by atoms with E-state index in [0.717, 1.165) is 6.07 Å². The van der Waals surface area contributed by atoms with Crippen molar-refractivity contribution in [3.05, 3.63) is 27.7 Å². The van der Waals surface area contributed by atoms with Crippen molar-refractivity contribution in [2.75, 3.05) is 0 Å². The Balaban J connectivity index is 2.37. The van der Waals surface area contributed by atoms with Crippen LogP contribution in [0.5, 0.6) is 0 Å². The highest BCUT2D eigenvalue weighted by Gasteiger charge is 2.32. The van der Waals surface area contributed by atoms with E-state index in [2.05, 4.69) is 20.7 Å². The predicted molar refractivity (Wildman–Crippen MR) is 75.2 cm³/mol. The molecule has 8 heteroatoms. The van der Waals surface area contributed by atoms with Crippen LogP contribution in [0.2, 0.25) is 0 Å². The van der Waals surface area contributed by atoms with Crippen molar-refractivity contribution in [2.24, 2.45) is 0 Å². The van der Waals surface area contributed by atoms with E-state index in [9.17, 15) is 18.3 Å². The van der Waals surface area contributed by atoms with Gasteiger partial charge in [0.05, 0.1) is 16.6 Å². The topological polar surface area (TPSA) is 104 Å². The number of aliphatic hydroxyl groups is 1. The highest BCUT2D eigenvalue weighted by atomic mass is 79.9. The van der Waals surface area contributed by atoms with Gasteiger partial charge in [0.1, 0.15) is 0 Å². The van der Waals surface area contributed by atoms with Crippen molar-refractivity contribution in [2.45, 2.75) is 36.8 Å². The molecule has 0 atom stereocenters. The first kappa shape index (κ1) is 15.4. The molecule has 2 rings (SSSR count). The Morgan fingerprint density at radius 2 is 2.00 bits per heavy atom. The van der Waals surface area contributed by atoms with Crippen molar-refractivity contribution in [1.82, 2.24) is 4.72 Å². The monoisotopic (exact) mass is 363 g/mol. The summed E-state index contributed by atoms with van der Waals surface area (Å²) in [7, 11) is -3.81. The first-order valence-electron chi connectivity index (χ1n) is 5.94. The maximum absolute atomic E-state index is 12.3. The molecule has 0 radical (unpaired) electrons. The van der Waals surface area contributed by atoms with Gasteiger partial charge in [0.15, 0.2) is 0 Å². The van der Waals surface area contributed by atoms with E-state index in [0.29, 0.717) is 22.9 Å². The van der Waals surface area contributed by atoms with Crippen molar-refractivity contribution in [3.8, 4) is 0 Å². The van der Waals surface area contributed by atoms with Gasteiger partial charge in [-0.3, -0.25) is 0 Å². The fraction of sp³-hybridized carbons (Fsp3) is 0.417. The van der Waals surface area contributed by atoms with Crippen LogP contribution in [-0.4, -0.2) is 36.7 Å². The van der Waals surface area contributed by atoms with Gasteiger partial charge < -0.3 is 10.2 Å². The fourth-order valence-electron chi connectivity index (χ4n) is 2.02. The van der Waals surface area contributed by atoms with Gasteiger partial charge in [-0.05, 0) is 37.5 Å². The molecule has 0 aromatic heterocycles. The van der Waals surface area contributed by atoms with Gasteiger partial charge in [0.2, 0.25) is 10.0 Å². The van der Waals surface area contributed by atoms with E-state index in [1.165, 1.54) is 6.07 Å². The molecule has 0 amide bonds. The van der Waals surface area contributed by atoms with E-state index in [1.54, 1.807) is 6.92 Å². The summed E-state index contributed by atoms with van der Waals surface area (Å²) >= 11 is 3.17. The number of carboxylic acids is 1. The largest absolute Gasteiger partial charge is 0.478 e. The SMILES string of the molecule is Cc1c(Br)cc(C(=O)O)cc1S(=O)(=O)NC1CC(O)C1. The molecular weight excluding hydrogens is 350 g/mol. The van der Waals surface area contributed by atoms with Crippen molar-refractivity contribution in [3.63, 3.8) is 0 Å². The highest BCUT2D eigenvalue weighted by molar-refractivity contribution is 9.10. The molecule has 1 aliphatic carbocycles. The molecule has 1 aromatic carbocycles. The number of benzene rings is 1. The second kappa shape index (κ2) is 5.44. The third-order valence-electron chi connectivity index (χ3n) is 3.27. The molecule has 1 saturated carbocycles. The second-order valence-electron chi connectivity index (χ2n) is 4.83. The third kappa shape index (κ3) is 3.03. The average Bonchev–Trinajstić information content (AvgIpc) is 2.29. The number of rotatable bonds is 4. The number of halogens is 1. The zero-order chi connectivity index (χ0) is 15.1. The Bertz CT molecular complexity index is 652. The quantitative estimate of drug-likeness (QED) is 0.746. The van der Waals surface area contributed by atoms with Crippen molar-refractivity contribution >= 4 is 31.9 Å². The zero-order valence-corrected chi connectivity index (χ0v) is 13.0. The number of carboxylic acid groups (broad SMARTS) is 1.